The highest BCUT2D eigenvalue weighted by Gasteiger charge is 2.12. The van der Waals surface area contributed by atoms with Gasteiger partial charge in [-0.05, 0) is 30.9 Å². The van der Waals surface area contributed by atoms with Gasteiger partial charge in [0.2, 0.25) is 0 Å². The highest BCUT2D eigenvalue weighted by Crippen LogP contribution is 2.23. The van der Waals surface area contributed by atoms with Crippen molar-refractivity contribution in [3.8, 4) is 0 Å². The van der Waals surface area contributed by atoms with Gasteiger partial charge in [-0.1, -0.05) is 25.1 Å². The predicted molar refractivity (Wildman–Crippen MR) is 85.7 cm³/mol. The van der Waals surface area contributed by atoms with Crippen LogP contribution in [0.2, 0.25) is 0 Å². The number of aliphatic hydroxyl groups is 1. The van der Waals surface area contributed by atoms with Crippen molar-refractivity contribution in [3.63, 3.8) is 0 Å². The van der Waals surface area contributed by atoms with Crippen molar-refractivity contribution in [3.05, 3.63) is 53.7 Å². The lowest BCUT2D eigenvalue weighted by molar-refractivity contribution is 0.102. The second-order valence-electron chi connectivity index (χ2n) is 4.53. The lowest BCUT2D eigenvalue weighted by atomic mass is 10.1. The van der Waals surface area contributed by atoms with Gasteiger partial charge < -0.3 is 10.4 Å². The third-order valence-corrected chi connectivity index (χ3v) is 3.76. The molecule has 2 rings (SSSR count). The number of amides is 1. The molecule has 1 amide bonds. The zero-order valence-electron chi connectivity index (χ0n) is 12.0. The number of benzene rings is 1. The molecule has 0 saturated heterocycles. The van der Waals surface area contributed by atoms with Crippen LogP contribution in [0.15, 0.2) is 47.6 Å². The number of nitrogens with one attached hydrogen (secondary N) is 1. The van der Waals surface area contributed by atoms with Gasteiger partial charge in [-0.2, -0.15) is 0 Å². The van der Waals surface area contributed by atoms with Gasteiger partial charge in [0.15, 0.2) is 0 Å². The van der Waals surface area contributed by atoms with Gasteiger partial charge in [0.25, 0.3) is 5.91 Å². The van der Waals surface area contributed by atoms with E-state index in [0.29, 0.717) is 16.8 Å². The van der Waals surface area contributed by atoms with Gasteiger partial charge in [-0.25, -0.2) is 4.98 Å². The van der Waals surface area contributed by atoms with Crippen molar-refractivity contribution in [1.29, 1.82) is 0 Å². The third-order valence-electron chi connectivity index (χ3n) is 2.95. The second-order valence-corrected chi connectivity index (χ2v) is 5.82. The third kappa shape index (κ3) is 4.06. The molecular formula is C16H18N2O2S. The molecule has 0 radical (unpaired) electrons. The van der Waals surface area contributed by atoms with Gasteiger partial charge in [0.05, 0.1) is 11.1 Å². The summed E-state index contributed by atoms with van der Waals surface area (Å²) in [7, 11) is 0. The fraction of sp³-hybridized carbons (Fsp3) is 0.250. The summed E-state index contributed by atoms with van der Waals surface area (Å²) in [5, 5.41) is 13.4. The number of para-hydroxylation sites is 1. The molecule has 0 bridgehead atoms. The fourth-order valence-corrected chi connectivity index (χ4v) is 2.59. The van der Waals surface area contributed by atoms with Crippen molar-refractivity contribution >= 4 is 23.4 Å². The number of aromatic nitrogens is 1. The van der Waals surface area contributed by atoms with E-state index in [0.717, 1.165) is 10.8 Å². The number of carbonyl (C=O) groups excluding carboxylic acids is 1. The Labute approximate surface area is 128 Å². The van der Waals surface area contributed by atoms with Crippen molar-refractivity contribution in [2.45, 2.75) is 25.0 Å². The molecule has 1 atom stereocenters. The van der Waals surface area contributed by atoms with Crippen molar-refractivity contribution in [1.82, 2.24) is 4.98 Å². The number of nitrogens with zero attached hydrogens (tertiary/aromatic N) is 1. The molecule has 1 heterocycles. The van der Waals surface area contributed by atoms with E-state index in [2.05, 4.69) is 10.3 Å². The van der Waals surface area contributed by atoms with E-state index in [9.17, 15) is 9.90 Å². The van der Waals surface area contributed by atoms with Crippen LogP contribution < -0.4 is 5.32 Å². The molecule has 110 valence electrons. The van der Waals surface area contributed by atoms with Crippen molar-refractivity contribution in [2.75, 3.05) is 11.1 Å². The molecule has 1 unspecified atom stereocenters. The summed E-state index contributed by atoms with van der Waals surface area (Å²) in [6, 6.07) is 10.7. The summed E-state index contributed by atoms with van der Waals surface area (Å²) < 4.78 is 0. The Morgan fingerprint density at radius 1 is 1.38 bits per heavy atom. The average molecular weight is 302 g/mol. The molecule has 0 spiro atoms. The number of hydrogen-bond acceptors (Lipinski definition) is 4. The summed E-state index contributed by atoms with van der Waals surface area (Å²) in [5.41, 5.74) is 1.88. The lowest BCUT2D eigenvalue weighted by Crippen LogP contribution is -2.14. The number of aliphatic hydroxyl groups excluding tert-OH is 1. The standard InChI is InChI=1S/C16H18N2O2S/c1-3-21-15-10-12(8-9-17-15)16(20)18-14-7-5-4-6-13(14)11(2)19/h4-11,19H,3H2,1-2H3,(H,18,20). The number of rotatable bonds is 5. The number of hydrogen-bond donors (Lipinski definition) is 2. The minimum absolute atomic E-state index is 0.205. The zero-order valence-corrected chi connectivity index (χ0v) is 12.9. The first-order valence-corrected chi connectivity index (χ1v) is 7.77. The van der Waals surface area contributed by atoms with E-state index in [1.165, 1.54) is 0 Å². The molecule has 2 aromatic rings. The van der Waals surface area contributed by atoms with E-state index in [-0.39, 0.29) is 5.91 Å². The maximum absolute atomic E-state index is 12.3. The quantitative estimate of drug-likeness (QED) is 0.830. The van der Waals surface area contributed by atoms with Crippen LogP contribution in [0, 0.1) is 0 Å². The van der Waals surface area contributed by atoms with Gasteiger partial charge in [-0.15, -0.1) is 11.8 Å². The normalized spacial score (nSPS) is 12.0. The molecule has 0 aliphatic heterocycles. The highest BCUT2D eigenvalue weighted by atomic mass is 32.2. The number of pyridine rings is 1. The fourth-order valence-electron chi connectivity index (χ4n) is 1.95. The Morgan fingerprint density at radius 3 is 2.86 bits per heavy atom. The summed E-state index contributed by atoms with van der Waals surface area (Å²) in [6.45, 7) is 3.71. The van der Waals surface area contributed by atoms with Crippen LogP contribution in [0.4, 0.5) is 5.69 Å². The minimum Gasteiger partial charge on any atom is -0.389 e. The lowest BCUT2D eigenvalue weighted by Gasteiger charge is -2.13. The monoisotopic (exact) mass is 302 g/mol. The van der Waals surface area contributed by atoms with E-state index in [1.54, 1.807) is 49.1 Å². The van der Waals surface area contributed by atoms with Crippen molar-refractivity contribution in [2.24, 2.45) is 0 Å². The first-order valence-electron chi connectivity index (χ1n) is 6.79. The molecule has 0 saturated carbocycles. The Hall–Kier alpha value is -1.85. The van der Waals surface area contributed by atoms with Gasteiger partial charge in [0, 0.05) is 23.0 Å². The Bertz CT molecular complexity index is 629. The Kier molecular flexibility index (Phi) is 5.36. The molecule has 21 heavy (non-hydrogen) atoms. The van der Waals surface area contributed by atoms with Crippen LogP contribution in [0.25, 0.3) is 0 Å². The summed E-state index contributed by atoms with van der Waals surface area (Å²) in [4.78, 5) is 16.5. The minimum atomic E-state index is -0.634. The van der Waals surface area contributed by atoms with E-state index in [1.807, 2.05) is 19.1 Å². The maximum atomic E-state index is 12.3. The summed E-state index contributed by atoms with van der Waals surface area (Å²) in [6.07, 6.45) is 0.998. The zero-order chi connectivity index (χ0) is 15.2. The molecule has 0 aliphatic carbocycles. The maximum Gasteiger partial charge on any atom is 0.255 e. The molecule has 0 fully saturated rings. The average Bonchev–Trinajstić information content (AvgIpc) is 2.48. The first-order chi connectivity index (χ1) is 10.1. The van der Waals surface area contributed by atoms with Crippen LogP contribution in [0.5, 0.6) is 0 Å². The highest BCUT2D eigenvalue weighted by molar-refractivity contribution is 7.99. The molecule has 0 aliphatic rings. The van der Waals surface area contributed by atoms with E-state index < -0.39 is 6.10 Å². The molecule has 2 N–H and O–H groups in total. The molecule has 1 aromatic heterocycles. The van der Waals surface area contributed by atoms with E-state index >= 15 is 0 Å². The van der Waals surface area contributed by atoms with Crippen LogP contribution >= 0.6 is 11.8 Å². The molecule has 4 nitrogen and oxygen atoms in total. The van der Waals surface area contributed by atoms with Crippen LogP contribution in [0.1, 0.15) is 35.9 Å². The van der Waals surface area contributed by atoms with Crippen LogP contribution in [0.3, 0.4) is 0 Å². The number of thioether (sulfide) groups is 1. The second kappa shape index (κ2) is 7.24. The van der Waals surface area contributed by atoms with Crippen LogP contribution in [-0.4, -0.2) is 21.8 Å². The van der Waals surface area contributed by atoms with E-state index in [4.69, 9.17) is 0 Å². The molecule has 1 aromatic carbocycles. The summed E-state index contributed by atoms with van der Waals surface area (Å²) in [5.74, 6) is 0.701. The number of carbonyl (C=O) groups is 1. The molecule has 5 heteroatoms. The van der Waals surface area contributed by atoms with Gasteiger partial charge in [-0.3, -0.25) is 4.79 Å². The van der Waals surface area contributed by atoms with Crippen LogP contribution in [-0.2, 0) is 0 Å². The first kappa shape index (κ1) is 15.5. The van der Waals surface area contributed by atoms with Crippen molar-refractivity contribution < 1.29 is 9.90 Å². The summed E-state index contributed by atoms with van der Waals surface area (Å²) >= 11 is 1.59. The number of anilines is 1. The topological polar surface area (TPSA) is 62.2 Å². The van der Waals surface area contributed by atoms with Gasteiger partial charge in [0.1, 0.15) is 0 Å². The van der Waals surface area contributed by atoms with Gasteiger partial charge >= 0.3 is 0 Å². The SMILES string of the molecule is CCSc1cc(C(=O)Nc2ccccc2C(C)O)ccn1. The predicted octanol–water partition coefficient (Wildman–Crippen LogP) is 3.50. The smallest absolute Gasteiger partial charge is 0.255 e. The Balaban J connectivity index is 2.20. The Morgan fingerprint density at radius 2 is 2.14 bits per heavy atom. The molecular weight excluding hydrogens is 284 g/mol. The largest absolute Gasteiger partial charge is 0.389 e.